The van der Waals surface area contributed by atoms with Gasteiger partial charge in [0.1, 0.15) is 36.4 Å². The molecule has 0 radical (unpaired) electrons. The third-order valence-electron chi connectivity index (χ3n) is 4.68. The fourth-order valence-electron chi connectivity index (χ4n) is 3.09. The van der Waals surface area contributed by atoms with E-state index in [0.29, 0.717) is 31.8 Å². The molecule has 0 aromatic heterocycles. The van der Waals surface area contributed by atoms with Gasteiger partial charge in [0.05, 0.1) is 0 Å². The van der Waals surface area contributed by atoms with E-state index in [9.17, 15) is 23.9 Å². The lowest BCUT2D eigenvalue weighted by molar-refractivity contribution is -0.137. The van der Waals surface area contributed by atoms with Crippen LogP contribution in [0.3, 0.4) is 0 Å². The average molecular weight is 395 g/mol. The second-order valence-corrected chi connectivity index (χ2v) is 6.74. The molecule has 2 saturated heterocycles. The van der Waals surface area contributed by atoms with Crippen LogP contribution in [0, 0.1) is 5.82 Å². The summed E-state index contributed by atoms with van der Waals surface area (Å²) in [5, 5.41) is 15.0. The average Bonchev–Trinajstić information content (AvgIpc) is 2.90. The van der Waals surface area contributed by atoms with Gasteiger partial charge in [-0.25, -0.2) is 9.18 Å². The van der Waals surface area contributed by atoms with E-state index in [1.54, 1.807) is 0 Å². The molecular weight excluding hydrogens is 373 g/mol. The Morgan fingerprint density at radius 1 is 1.32 bits per heavy atom. The molecule has 2 heterocycles. The van der Waals surface area contributed by atoms with E-state index in [4.69, 9.17) is 9.47 Å². The number of halogens is 1. The number of urea groups is 1. The second kappa shape index (κ2) is 8.53. The van der Waals surface area contributed by atoms with Gasteiger partial charge in [-0.1, -0.05) is 0 Å². The Bertz CT molecular complexity index is 735. The fourth-order valence-corrected chi connectivity index (χ4v) is 3.09. The molecule has 4 amide bonds. The maximum Gasteiger partial charge on any atom is 0.325 e. The zero-order chi connectivity index (χ0) is 20.1. The summed E-state index contributed by atoms with van der Waals surface area (Å²) in [5.74, 6) is -1.03. The van der Waals surface area contributed by atoms with Gasteiger partial charge < -0.3 is 25.2 Å². The van der Waals surface area contributed by atoms with Gasteiger partial charge in [0.25, 0.3) is 5.91 Å². The monoisotopic (exact) mass is 395 g/mol. The molecule has 0 aliphatic carbocycles. The van der Waals surface area contributed by atoms with Crippen molar-refractivity contribution in [2.24, 2.45) is 0 Å². The van der Waals surface area contributed by atoms with Crippen LogP contribution < -0.4 is 15.4 Å². The number of nitrogens with zero attached hydrogens (tertiary/aromatic N) is 1. The Morgan fingerprint density at radius 2 is 2.00 bits per heavy atom. The lowest BCUT2D eigenvalue weighted by atomic mass is 9.90. The van der Waals surface area contributed by atoms with Gasteiger partial charge >= 0.3 is 6.03 Å². The molecule has 1 unspecified atom stereocenters. The molecule has 1 spiro atoms. The summed E-state index contributed by atoms with van der Waals surface area (Å²) in [5.41, 5.74) is -0.988. The van der Waals surface area contributed by atoms with E-state index in [1.165, 1.54) is 24.3 Å². The van der Waals surface area contributed by atoms with Crippen LogP contribution in [0.1, 0.15) is 12.8 Å². The molecule has 152 valence electrons. The minimum absolute atomic E-state index is 0.113. The Labute approximate surface area is 160 Å². The highest BCUT2D eigenvalue weighted by atomic mass is 19.1. The number of imide groups is 1. The van der Waals surface area contributed by atoms with Crippen molar-refractivity contribution in [2.75, 3.05) is 32.9 Å². The van der Waals surface area contributed by atoms with E-state index >= 15 is 0 Å². The molecule has 2 fully saturated rings. The first-order valence-corrected chi connectivity index (χ1v) is 8.95. The first-order chi connectivity index (χ1) is 13.4. The van der Waals surface area contributed by atoms with Crippen LogP contribution in [-0.4, -0.2) is 72.4 Å². The Kier molecular flexibility index (Phi) is 6.10. The third kappa shape index (κ3) is 4.57. The molecule has 1 aromatic carbocycles. The van der Waals surface area contributed by atoms with E-state index in [2.05, 4.69) is 10.6 Å². The first-order valence-electron chi connectivity index (χ1n) is 8.95. The zero-order valence-electron chi connectivity index (χ0n) is 15.2. The van der Waals surface area contributed by atoms with Crippen LogP contribution in [0.4, 0.5) is 9.18 Å². The normalized spacial score (nSPS) is 19.4. The van der Waals surface area contributed by atoms with Crippen molar-refractivity contribution in [3.05, 3.63) is 30.1 Å². The van der Waals surface area contributed by atoms with Crippen molar-refractivity contribution in [3.63, 3.8) is 0 Å². The summed E-state index contributed by atoms with van der Waals surface area (Å²) in [6, 6.07) is 4.69. The van der Waals surface area contributed by atoms with Gasteiger partial charge in [0.2, 0.25) is 5.91 Å². The van der Waals surface area contributed by atoms with Crippen molar-refractivity contribution in [3.8, 4) is 5.75 Å². The Balaban J connectivity index is 1.43. The molecule has 3 N–H and O–H groups in total. The molecule has 1 atom stereocenters. The van der Waals surface area contributed by atoms with Gasteiger partial charge in [-0.05, 0) is 24.3 Å². The van der Waals surface area contributed by atoms with Crippen LogP contribution >= 0.6 is 0 Å². The van der Waals surface area contributed by atoms with Gasteiger partial charge in [0.15, 0.2) is 0 Å². The quantitative estimate of drug-likeness (QED) is 0.550. The molecule has 3 rings (SSSR count). The number of hydrogen-bond acceptors (Lipinski definition) is 6. The SMILES string of the molecule is O=C(CN1C(=O)NC2(CCOCC2)C1=O)NCC(O)COc1ccc(F)cc1. The van der Waals surface area contributed by atoms with Crippen molar-refractivity contribution >= 4 is 17.8 Å². The number of carbonyl (C=O) groups is 3. The number of amides is 4. The number of rotatable bonds is 7. The number of hydrogen-bond donors (Lipinski definition) is 3. The molecule has 0 bridgehead atoms. The van der Waals surface area contributed by atoms with Gasteiger partial charge in [-0.2, -0.15) is 0 Å². The molecule has 9 nitrogen and oxygen atoms in total. The summed E-state index contributed by atoms with van der Waals surface area (Å²) in [6.07, 6.45) is -0.275. The summed E-state index contributed by atoms with van der Waals surface area (Å²) >= 11 is 0. The molecule has 0 saturated carbocycles. The maximum atomic E-state index is 12.8. The predicted molar refractivity (Wildman–Crippen MR) is 93.9 cm³/mol. The predicted octanol–water partition coefficient (Wildman–Crippen LogP) is -0.217. The number of ether oxygens (including phenoxy) is 2. The van der Waals surface area contributed by atoms with Crippen LogP contribution in [0.25, 0.3) is 0 Å². The van der Waals surface area contributed by atoms with Gasteiger partial charge in [0, 0.05) is 32.6 Å². The van der Waals surface area contributed by atoms with Crippen molar-refractivity contribution in [1.82, 2.24) is 15.5 Å². The zero-order valence-corrected chi connectivity index (χ0v) is 15.2. The largest absolute Gasteiger partial charge is 0.491 e. The number of aliphatic hydroxyl groups excluding tert-OH is 1. The van der Waals surface area contributed by atoms with Gasteiger partial charge in [-0.3, -0.25) is 14.5 Å². The summed E-state index contributed by atoms with van der Waals surface area (Å²) in [6.45, 7) is 0.0677. The van der Waals surface area contributed by atoms with E-state index < -0.39 is 41.9 Å². The van der Waals surface area contributed by atoms with Crippen molar-refractivity contribution in [2.45, 2.75) is 24.5 Å². The topological polar surface area (TPSA) is 117 Å². The molecule has 2 aliphatic rings. The minimum atomic E-state index is -1.01. The smallest absolute Gasteiger partial charge is 0.325 e. The molecule has 1 aromatic rings. The number of benzene rings is 1. The van der Waals surface area contributed by atoms with Crippen LogP contribution in [0.2, 0.25) is 0 Å². The van der Waals surface area contributed by atoms with Crippen LogP contribution in [0.5, 0.6) is 5.75 Å². The molecule has 28 heavy (non-hydrogen) atoms. The third-order valence-corrected chi connectivity index (χ3v) is 4.68. The summed E-state index contributed by atoms with van der Waals surface area (Å²) in [4.78, 5) is 37.6. The van der Waals surface area contributed by atoms with E-state index in [0.717, 1.165) is 4.90 Å². The number of aliphatic hydroxyl groups is 1. The minimum Gasteiger partial charge on any atom is -0.491 e. The molecule has 2 aliphatic heterocycles. The Morgan fingerprint density at radius 3 is 2.68 bits per heavy atom. The highest BCUT2D eigenvalue weighted by Crippen LogP contribution is 2.28. The van der Waals surface area contributed by atoms with Crippen molar-refractivity contribution in [1.29, 1.82) is 0 Å². The highest BCUT2D eigenvalue weighted by molar-refractivity contribution is 6.09. The first kappa shape index (κ1) is 20.0. The lowest BCUT2D eigenvalue weighted by Crippen LogP contribution is -2.51. The number of carbonyl (C=O) groups excluding carboxylic acids is 3. The summed E-state index contributed by atoms with van der Waals surface area (Å²) in [7, 11) is 0. The van der Waals surface area contributed by atoms with E-state index in [1.807, 2.05) is 0 Å². The fraction of sp³-hybridized carbons (Fsp3) is 0.500. The molecule has 10 heteroatoms. The van der Waals surface area contributed by atoms with Crippen LogP contribution in [0.15, 0.2) is 24.3 Å². The standard InChI is InChI=1S/C18H22FN3O6/c19-12-1-3-14(4-2-12)28-11-13(23)9-20-15(24)10-22-16(25)18(21-17(22)26)5-7-27-8-6-18/h1-4,13,23H,5-11H2,(H,20,24)(H,21,26). The van der Waals surface area contributed by atoms with Gasteiger partial charge in [-0.15, -0.1) is 0 Å². The summed E-state index contributed by atoms with van der Waals surface area (Å²) < 4.78 is 23.3. The maximum absolute atomic E-state index is 12.8. The lowest BCUT2D eigenvalue weighted by Gasteiger charge is -2.30. The Hall–Kier alpha value is -2.72. The van der Waals surface area contributed by atoms with E-state index in [-0.39, 0.29) is 13.2 Å². The number of nitrogens with one attached hydrogen (secondary N) is 2. The highest BCUT2D eigenvalue weighted by Gasteiger charge is 2.52. The van der Waals surface area contributed by atoms with Crippen LogP contribution in [-0.2, 0) is 14.3 Å². The molecular formula is C18H22FN3O6. The van der Waals surface area contributed by atoms with Crippen molar-refractivity contribution < 1.29 is 33.4 Å². The second-order valence-electron chi connectivity index (χ2n) is 6.74.